The number of ether oxygens (including phenoxy) is 1. The first-order valence-electron chi connectivity index (χ1n) is 7.93. The van der Waals surface area contributed by atoms with E-state index in [9.17, 15) is 14.4 Å². The summed E-state index contributed by atoms with van der Waals surface area (Å²) >= 11 is 0. The number of hydrogen-bond acceptors (Lipinski definition) is 4. The van der Waals surface area contributed by atoms with Gasteiger partial charge in [0.05, 0.1) is 13.2 Å². The van der Waals surface area contributed by atoms with Gasteiger partial charge < -0.3 is 15.4 Å². The number of carbonyl (C=O) groups is 3. The van der Waals surface area contributed by atoms with Gasteiger partial charge in [-0.3, -0.25) is 9.59 Å². The smallest absolute Gasteiger partial charge is 0.407 e. The molecule has 3 atom stereocenters. The monoisotopic (exact) mass is 312 g/mol. The molecule has 0 bridgehead atoms. The highest BCUT2D eigenvalue weighted by atomic mass is 16.5. The van der Waals surface area contributed by atoms with Crippen molar-refractivity contribution in [1.29, 1.82) is 0 Å². The fraction of sp³-hybridized carbons (Fsp3) is 0.812. The van der Waals surface area contributed by atoms with Crippen LogP contribution in [0.3, 0.4) is 0 Å². The number of amides is 2. The van der Waals surface area contributed by atoms with E-state index < -0.39 is 12.1 Å². The van der Waals surface area contributed by atoms with Crippen LogP contribution in [-0.4, -0.2) is 37.0 Å². The van der Waals surface area contributed by atoms with E-state index in [0.29, 0.717) is 6.42 Å². The molecule has 0 radical (unpaired) electrons. The predicted molar refractivity (Wildman–Crippen MR) is 83.3 cm³/mol. The Hall–Kier alpha value is -1.59. The first-order chi connectivity index (χ1) is 10.3. The number of nitrogens with one attached hydrogen (secondary N) is 2. The second kappa shape index (κ2) is 8.15. The van der Waals surface area contributed by atoms with E-state index in [1.807, 2.05) is 27.7 Å². The maximum atomic E-state index is 12.4. The standard InChI is InChI=1S/C16H28N2O4/c1-9(2)14(18-16(21)22-5)13(19)8-11-6-7-12(11)15(20)17-10(3)4/h9-12,14H,6-8H2,1-5H3,(H,17,20)(H,18,21)/t11-,12+,14+/m1/s1. The highest BCUT2D eigenvalue weighted by molar-refractivity contribution is 5.89. The van der Waals surface area contributed by atoms with Gasteiger partial charge in [0.2, 0.25) is 5.91 Å². The molecule has 0 spiro atoms. The molecule has 1 rings (SSSR count). The molecule has 22 heavy (non-hydrogen) atoms. The lowest BCUT2D eigenvalue weighted by Gasteiger charge is -2.36. The van der Waals surface area contributed by atoms with Crippen molar-refractivity contribution in [3.63, 3.8) is 0 Å². The van der Waals surface area contributed by atoms with E-state index in [2.05, 4.69) is 15.4 Å². The number of methoxy groups -OCH3 is 1. The van der Waals surface area contributed by atoms with Crippen molar-refractivity contribution in [3.05, 3.63) is 0 Å². The lowest BCUT2D eigenvalue weighted by Crippen LogP contribution is -2.48. The quantitative estimate of drug-likeness (QED) is 0.751. The maximum Gasteiger partial charge on any atom is 0.407 e. The average Bonchev–Trinajstić information content (AvgIpc) is 2.38. The average molecular weight is 312 g/mol. The van der Waals surface area contributed by atoms with Gasteiger partial charge in [0.1, 0.15) is 0 Å². The number of Topliss-reactive ketones (excluding diaryl/α,β-unsaturated/α-hetero) is 1. The molecule has 0 aromatic rings. The molecule has 0 unspecified atom stereocenters. The molecule has 0 aliphatic heterocycles. The van der Waals surface area contributed by atoms with E-state index in [0.717, 1.165) is 12.8 Å². The predicted octanol–water partition coefficient (Wildman–Crippen LogP) is 1.88. The summed E-state index contributed by atoms with van der Waals surface area (Å²) in [7, 11) is 1.27. The summed E-state index contributed by atoms with van der Waals surface area (Å²) in [6.07, 6.45) is 1.43. The Morgan fingerprint density at radius 1 is 1.09 bits per heavy atom. The molecule has 1 aliphatic rings. The molecule has 0 heterocycles. The van der Waals surface area contributed by atoms with Crippen LogP contribution >= 0.6 is 0 Å². The molecule has 6 heteroatoms. The van der Waals surface area contributed by atoms with Gasteiger partial charge in [0.25, 0.3) is 0 Å². The molecule has 0 aromatic carbocycles. The molecule has 126 valence electrons. The summed E-state index contributed by atoms with van der Waals surface area (Å²) in [6.45, 7) is 7.60. The summed E-state index contributed by atoms with van der Waals surface area (Å²) < 4.78 is 4.56. The van der Waals surface area contributed by atoms with Gasteiger partial charge in [-0.05, 0) is 38.5 Å². The Bertz CT molecular complexity index is 420. The van der Waals surface area contributed by atoms with Crippen molar-refractivity contribution in [3.8, 4) is 0 Å². The number of hydrogen-bond donors (Lipinski definition) is 2. The number of alkyl carbamates (subject to hydrolysis) is 1. The third-order valence-electron chi connectivity index (χ3n) is 4.12. The largest absolute Gasteiger partial charge is 0.453 e. The van der Waals surface area contributed by atoms with Gasteiger partial charge in [0.15, 0.2) is 5.78 Å². The van der Waals surface area contributed by atoms with Crippen LogP contribution in [-0.2, 0) is 14.3 Å². The van der Waals surface area contributed by atoms with Crippen LogP contribution in [0.5, 0.6) is 0 Å². The summed E-state index contributed by atoms with van der Waals surface area (Å²) in [6, 6.07) is -0.462. The Morgan fingerprint density at radius 3 is 2.14 bits per heavy atom. The van der Waals surface area contributed by atoms with Crippen LogP contribution in [0.15, 0.2) is 0 Å². The van der Waals surface area contributed by atoms with E-state index in [4.69, 9.17) is 0 Å². The van der Waals surface area contributed by atoms with E-state index in [1.54, 1.807) is 0 Å². The van der Waals surface area contributed by atoms with Crippen LogP contribution in [0.2, 0.25) is 0 Å². The van der Waals surface area contributed by atoms with Crippen molar-refractivity contribution >= 4 is 17.8 Å². The van der Waals surface area contributed by atoms with Crippen molar-refractivity contribution in [1.82, 2.24) is 10.6 Å². The molecular formula is C16H28N2O4. The zero-order valence-electron chi connectivity index (χ0n) is 14.1. The molecule has 2 N–H and O–H groups in total. The fourth-order valence-corrected chi connectivity index (χ4v) is 2.74. The SMILES string of the molecule is COC(=O)N[C@H](C(=O)C[C@H]1CC[C@@H]1C(=O)NC(C)C)C(C)C. The normalized spacial score (nSPS) is 22.0. The molecule has 1 fully saturated rings. The minimum Gasteiger partial charge on any atom is -0.453 e. The Balaban J connectivity index is 2.58. The molecule has 6 nitrogen and oxygen atoms in total. The first-order valence-corrected chi connectivity index (χ1v) is 7.93. The molecule has 1 saturated carbocycles. The Morgan fingerprint density at radius 2 is 1.73 bits per heavy atom. The second-order valence-electron chi connectivity index (χ2n) is 6.64. The minimum atomic E-state index is -0.602. The third-order valence-corrected chi connectivity index (χ3v) is 4.12. The van der Waals surface area contributed by atoms with Crippen molar-refractivity contribution in [2.45, 2.75) is 59.0 Å². The van der Waals surface area contributed by atoms with Gasteiger partial charge >= 0.3 is 6.09 Å². The zero-order valence-corrected chi connectivity index (χ0v) is 14.1. The Labute approximate surface area is 132 Å². The van der Waals surface area contributed by atoms with Gasteiger partial charge in [-0.25, -0.2) is 4.79 Å². The Kier molecular flexibility index (Phi) is 6.84. The number of carbonyl (C=O) groups excluding carboxylic acids is 3. The topological polar surface area (TPSA) is 84.5 Å². The summed E-state index contributed by atoms with van der Waals surface area (Å²) in [5.74, 6) is -0.0348. The van der Waals surface area contributed by atoms with Gasteiger partial charge in [-0.1, -0.05) is 13.8 Å². The lowest BCUT2D eigenvalue weighted by molar-refractivity contribution is -0.133. The number of rotatable bonds is 7. The van der Waals surface area contributed by atoms with Crippen molar-refractivity contribution in [2.24, 2.45) is 17.8 Å². The van der Waals surface area contributed by atoms with Crippen molar-refractivity contribution in [2.75, 3.05) is 7.11 Å². The molecule has 0 saturated heterocycles. The molecule has 0 aromatic heterocycles. The number of ketones is 1. The highest BCUT2D eigenvalue weighted by Gasteiger charge is 2.39. The molecular weight excluding hydrogens is 284 g/mol. The van der Waals surface area contributed by atoms with Crippen LogP contribution in [0.25, 0.3) is 0 Å². The molecule has 1 aliphatic carbocycles. The highest BCUT2D eigenvalue weighted by Crippen LogP contribution is 2.37. The van der Waals surface area contributed by atoms with E-state index >= 15 is 0 Å². The van der Waals surface area contributed by atoms with Crippen LogP contribution in [0.4, 0.5) is 4.79 Å². The van der Waals surface area contributed by atoms with Gasteiger partial charge in [-0.15, -0.1) is 0 Å². The van der Waals surface area contributed by atoms with Crippen LogP contribution < -0.4 is 10.6 Å². The summed E-state index contributed by atoms with van der Waals surface area (Å²) in [4.78, 5) is 35.8. The lowest BCUT2D eigenvalue weighted by atomic mass is 9.70. The third kappa shape index (κ3) is 5.00. The fourth-order valence-electron chi connectivity index (χ4n) is 2.74. The van der Waals surface area contributed by atoms with Gasteiger partial charge in [-0.2, -0.15) is 0 Å². The van der Waals surface area contributed by atoms with E-state index in [-0.39, 0.29) is 35.5 Å². The van der Waals surface area contributed by atoms with Crippen LogP contribution in [0.1, 0.15) is 47.0 Å². The molecule has 2 amide bonds. The maximum absolute atomic E-state index is 12.4. The minimum absolute atomic E-state index is 0.0189. The summed E-state index contributed by atoms with van der Waals surface area (Å²) in [5.41, 5.74) is 0. The first kappa shape index (κ1) is 18.5. The van der Waals surface area contributed by atoms with Crippen LogP contribution in [0, 0.1) is 17.8 Å². The van der Waals surface area contributed by atoms with Gasteiger partial charge in [0, 0.05) is 18.4 Å². The summed E-state index contributed by atoms with van der Waals surface area (Å²) in [5, 5.41) is 5.49. The zero-order chi connectivity index (χ0) is 16.9. The second-order valence-corrected chi connectivity index (χ2v) is 6.64. The van der Waals surface area contributed by atoms with Crippen molar-refractivity contribution < 1.29 is 19.1 Å². The van der Waals surface area contributed by atoms with E-state index in [1.165, 1.54) is 7.11 Å².